The van der Waals surface area contributed by atoms with Crippen LogP contribution in [-0.4, -0.2) is 23.6 Å². The fourth-order valence-electron chi connectivity index (χ4n) is 1.95. The van der Waals surface area contributed by atoms with Crippen LogP contribution in [0.4, 0.5) is 26.3 Å². The molecule has 2 amide bonds. The molecule has 1 aromatic rings. The first kappa shape index (κ1) is 22.7. The van der Waals surface area contributed by atoms with Crippen LogP contribution >= 0.6 is 0 Å². The topological polar surface area (TPSA) is 87.7 Å². The van der Waals surface area contributed by atoms with Gasteiger partial charge in [0.2, 0.25) is 5.91 Å². The molecule has 0 aromatic heterocycles. The number of unbranched alkanes of at least 4 members (excludes halogenated alkanes) is 2. The molecule has 0 aliphatic carbocycles. The molecule has 3 N–H and O–H groups in total. The van der Waals surface area contributed by atoms with E-state index in [1.165, 1.54) is 5.48 Å². The van der Waals surface area contributed by atoms with Crippen LogP contribution in [0.15, 0.2) is 18.2 Å². The van der Waals surface area contributed by atoms with E-state index in [1.54, 1.807) is 5.48 Å². The van der Waals surface area contributed by atoms with Crippen LogP contribution in [0.1, 0.15) is 47.2 Å². The summed E-state index contributed by atoms with van der Waals surface area (Å²) in [6, 6.07) is 0.503. The van der Waals surface area contributed by atoms with Gasteiger partial charge in [-0.25, -0.2) is 11.0 Å². The summed E-state index contributed by atoms with van der Waals surface area (Å²) in [5, 5.41) is 8.27. The number of benzene rings is 1. The first-order valence-corrected chi connectivity index (χ1v) is 7.59. The smallest absolute Gasteiger partial charge is 0.289 e. The summed E-state index contributed by atoms with van der Waals surface area (Å²) in [5.74, 6) is -1.83. The van der Waals surface area contributed by atoms with Gasteiger partial charge in [-0.2, -0.15) is 26.3 Å². The van der Waals surface area contributed by atoms with E-state index in [2.05, 4.69) is 0 Å². The lowest BCUT2D eigenvalue weighted by molar-refractivity contribution is -0.143. The van der Waals surface area contributed by atoms with Gasteiger partial charge in [0.05, 0.1) is 17.7 Å². The molecule has 0 spiro atoms. The molecule has 0 radical (unpaired) electrons. The maximum atomic E-state index is 12.7. The van der Waals surface area contributed by atoms with Crippen molar-refractivity contribution >= 4 is 11.8 Å². The average molecular weight is 402 g/mol. The molecule has 0 unspecified atom stereocenters. The Morgan fingerprint density at radius 3 is 1.96 bits per heavy atom. The zero-order valence-corrected chi connectivity index (χ0v) is 13.7. The van der Waals surface area contributed by atoms with E-state index in [9.17, 15) is 35.9 Å². The molecular weight excluding hydrogens is 386 g/mol. The molecular formula is C15H16F6N2O4. The van der Waals surface area contributed by atoms with Gasteiger partial charge < -0.3 is 0 Å². The van der Waals surface area contributed by atoms with Gasteiger partial charge in [0.25, 0.3) is 5.91 Å². The number of nitrogens with one attached hydrogen (secondary N) is 2. The normalized spacial score (nSPS) is 12.0. The van der Waals surface area contributed by atoms with Crippen LogP contribution in [0.2, 0.25) is 0 Å². The summed E-state index contributed by atoms with van der Waals surface area (Å²) in [6.07, 6.45) is -8.81. The lowest BCUT2D eigenvalue weighted by atomic mass is 10.0. The van der Waals surface area contributed by atoms with E-state index in [0.29, 0.717) is 31.4 Å². The molecule has 1 aromatic carbocycles. The van der Waals surface area contributed by atoms with Gasteiger partial charge in [-0.15, -0.1) is 0 Å². The molecule has 152 valence electrons. The van der Waals surface area contributed by atoms with Gasteiger partial charge in [-0.05, 0) is 31.0 Å². The summed E-state index contributed by atoms with van der Waals surface area (Å²) < 4.78 is 76.4. The zero-order valence-electron chi connectivity index (χ0n) is 13.7. The van der Waals surface area contributed by atoms with E-state index in [-0.39, 0.29) is 19.1 Å². The molecule has 0 heterocycles. The van der Waals surface area contributed by atoms with Gasteiger partial charge in [-0.3, -0.25) is 19.6 Å². The van der Waals surface area contributed by atoms with Crippen LogP contribution in [0.3, 0.4) is 0 Å². The third kappa shape index (κ3) is 7.83. The monoisotopic (exact) mass is 402 g/mol. The number of rotatable bonds is 8. The largest absolute Gasteiger partial charge is 0.416 e. The van der Waals surface area contributed by atoms with Crippen LogP contribution < -0.4 is 11.0 Å². The van der Waals surface area contributed by atoms with Gasteiger partial charge in [-0.1, -0.05) is 6.42 Å². The van der Waals surface area contributed by atoms with Crippen LogP contribution in [0, 0.1) is 0 Å². The fourth-order valence-corrected chi connectivity index (χ4v) is 1.95. The SMILES string of the molecule is O=C(CCCCCONC(=O)c1cc(C(F)(F)F)cc(C(F)(F)F)c1)NO. The minimum Gasteiger partial charge on any atom is -0.289 e. The molecule has 0 fully saturated rings. The van der Waals surface area contributed by atoms with Crippen molar-refractivity contribution in [3.63, 3.8) is 0 Å². The number of amides is 2. The number of hydrogen-bond donors (Lipinski definition) is 3. The Labute approximate surface area is 149 Å². The van der Waals surface area contributed by atoms with Gasteiger partial charge in [0.15, 0.2) is 0 Å². The van der Waals surface area contributed by atoms with Crippen molar-refractivity contribution in [2.75, 3.05) is 6.61 Å². The van der Waals surface area contributed by atoms with E-state index < -0.39 is 40.9 Å². The molecule has 0 saturated carbocycles. The fraction of sp³-hybridized carbons (Fsp3) is 0.467. The third-order valence-electron chi connectivity index (χ3n) is 3.29. The second-order valence-electron chi connectivity index (χ2n) is 5.42. The van der Waals surface area contributed by atoms with Gasteiger partial charge in [0, 0.05) is 12.0 Å². The summed E-state index contributed by atoms with van der Waals surface area (Å²) >= 11 is 0. The quantitative estimate of drug-likeness (QED) is 0.269. The lowest BCUT2D eigenvalue weighted by Crippen LogP contribution is -2.25. The number of alkyl halides is 6. The minimum absolute atomic E-state index is 0.0628. The van der Waals surface area contributed by atoms with Crippen molar-refractivity contribution < 1.29 is 46.0 Å². The number of hydrogen-bond acceptors (Lipinski definition) is 4. The highest BCUT2D eigenvalue weighted by atomic mass is 19.4. The minimum atomic E-state index is -5.06. The Bertz CT molecular complexity index is 628. The molecule has 0 atom stereocenters. The summed E-state index contributed by atoms with van der Waals surface area (Å²) in [7, 11) is 0. The number of carbonyl (C=O) groups excluding carboxylic acids is 2. The Morgan fingerprint density at radius 1 is 0.926 bits per heavy atom. The summed E-state index contributed by atoms with van der Waals surface area (Å²) in [6.45, 7) is -0.0719. The zero-order chi connectivity index (χ0) is 20.7. The Hall–Kier alpha value is -2.34. The lowest BCUT2D eigenvalue weighted by Gasteiger charge is -2.14. The van der Waals surface area contributed by atoms with Gasteiger partial charge >= 0.3 is 12.4 Å². The first-order valence-electron chi connectivity index (χ1n) is 7.59. The van der Waals surface area contributed by atoms with Gasteiger partial charge in [0.1, 0.15) is 0 Å². The number of carbonyl (C=O) groups is 2. The highest BCUT2D eigenvalue weighted by Gasteiger charge is 2.37. The molecule has 0 saturated heterocycles. The molecule has 1 rings (SSSR count). The third-order valence-corrected chi connectivity index (χ3v) is 3.29. The molecule has 6 nitrogen and oxygen atoms in total. The average Bonchev–Trinajstić information content (AvgIpc) is 2.58. The van der Waals surface area contributed by atoms with Crippen LogP contribution in [-0.2, 0) is 22.0 Å². The molecule has 27 heavy (non-hydrogen) atoms. The summed E-state index contributed by atoms with van der Waals surface area (Å²) in [5.41, 5.74) is -0.847. The maximum absolute atomic E-state index is 12.7. The first-order chi connectivity index (χ1) is 12.4. The van der Waals surface area contributed by atoms with Crippen molar-refractivity contribution in [3.05, 3.63) is 34.9 Å². The number of halogens is 6. The predicted octanol–water partition coefficient (Wildman–Crippen LogP) is 3.45. The molecule has 0 bridgehead atoms. The second kappa shape index (κ2) is 9.55. The van der Waals surface area contributed by atoms with Crippen molar-refractivity contribution in [1.82, 2.24) is 11.0 Å². The molecule has 12 heteroatoms. The summed E-state index contributed by atoms with van der Waals surface area (Å²) in [4.78, 5) is 27.2. The second-order valence-corrected chi connectivity index (χ2v) is 5.42. The highest BCUT2D eigenvalue weighted by Crippen LogP contribution is 2.36. The van der Waals surface area contributed by atoms with Crippen molar-refractivity contribution in [1.29, 1.82) is 0 Å². The number of hydroxylamine groups is 2. The van der Waals surface area contributed by atoms with E-state index >= 15 is 0 Å². The van der Waals surface area contributed by atoms with E-state index in [0.717, 1.165) is 0 Å². The van der Waals surface area contributed by atoms with Crippen molar-refractivity contribution in [2.45, 2.75) is 38.0 Å². The highest BCUT2D eigenvalue weighted by molar-refractivity contribution is 5.94. The predicted molar refractivity (Wildman–Crippen MR) is 78.3 cm³/mol. The van der Waals surface area contributed by atoms with E-state index in [4.69, 9.17) is 10.0 Å². The Balaban J connectivity index is 2.63. The standard InChI is InChI=1S/C15H16F6N2O4/c16-14(17,18)10-6-9(7-11(8-10)15(19,20)21)13(25)23-27-5-3-1-2-4-12(24)22-26/h6-8,26H,1-5H2,(H,22,24)(H,23,25). The Kier molecular flexibility index (Phi) is 8.03. The van der Waals surface area contributed by atoms with Crippen LogP contribution in [0.25, 0.3) is 0 Å². The van der Waals surface area contributed by atoms with E-state index in [1.807, 2.05) is 0 Å². The molecule has 0 aliphatic heterocycles. The molecule has 0 aliphatic rings. The van der Waals surface area contributed by atoms with Crippen molar-refractivity contribution in [2.24, 2.45) is 0 Å². The maximum Gasteiger partial charge on any atom is 0.416 e. The van der Waals surface area contributed by atoms with Crippen LogP contribution in [0.5, 0.6) is 0 Å². The van der Waals surface area contributed by atoms with Crippen molar-refractivity contribution in [3.8, 4) is 0 Å². The Morgan fingerprint density at radius 2 is 1.48 bits per heavy atom.